The first-order valence-electron chi connectivity index (χ1n) is 7.14. The second kappa shape index (κ2) is 4.60. The fourth-order valence-corrected chi connectivity index (χ4v) is 3.96. The van der Waals surface area contributed by atoms with Crippen molar-refractivity contribution in [2.24, 2.45) is 0 Å². The maximum atomic E-state index is 2.34. The molecule has 0 fully saturated rings. The van der Waals surface area contributed by atoms with Gasteiger partial charge < -0.3 is 0 Å². The highest BCUT2D eigenvalue weighted by atomic mass is 32.1. The predicted octanol–water partition coefficient (Wildman–Crippen LogP) is 5.58. The van der Waals surface area contributed by atoms with Crippen molar-refractivity contribution < 1.29 is 0 Å². The predicted molar refractivity (Wildman–Crippen MR) is 88.1 cm³/mol. The minimum absolute atomic E-state index is 0.471. The first-order valence-corrected chi connectivity index (χ1v) is 7.96. The molecular formula is C19H16S. The molecule has 0 aliphatic heterocycles. The average molecular weight is 276 g/mol. The summed E-state index contributed by atoms with van der Waals surface area (Å²) in [4.78, 5) is 2.84. The lowest BCUT2D eigenvalue weighted by Crippen LogP contribution is -1.95. The summed E-state index contributed by atoms with van der Waals surface area (Å²) in [5.74, 6) is 0.471. The highest BCUT2D eigenvalue weighted by Gasteiger charge is 2.22. The van der Waals surface area contributed by atoms with E-state index < -0.39 is 0 Å². The zero-order chi connectivity index (χ0) is 13.5. The first kappa shape index (κ1) is 11.9. The Morgan fingerprint density at radius 1 is 1.10 bits per heavy atom. The van der Waals surface area contributed by atoms with Crippen LogP contribution in [-0.4, -0.2) is 0 Å². The fourth-order valence-electron chi connectivity index (χ4n) is 3.02. The van der Waals surface area contributed by atoms with Crippen LogP contribution >= 0.6 is 11.3 Å². The Balaban J connectivity index is 1.77. The number of aryl methyl sites for hydroxylation is 1. The summed E-state index contributed by atoms with van der Waals surface area (Å²) in [5.41, 5.74) is 5.58. The van der Waals surface area contributed by atoms with Crippen LogP contribution in [-0.2, 0) is 6.42 Å². The molecule has 1 atom stereocenters. The van der Waals surface area contributed by atoms with Gasteiger partial charge in [0, 0.05) is 15.7 Å². The summed E-state index contributed by atoms with van der Waals surface area (Å²) in [7, 11) is 0. The van der Waals surface area contributed by atoms with Crippen LogP contribution in [0.15, 0.2) is 60.2 Å². The third-order valence-electron chi connectivity index (χ3n) is 4.10. The third kappa shape index (κ3) is 1.82. The number of fused-ring (bicyclic) bond motifs is 3. The van der Waals surface area contributed by atoms with Crippen molar-refractivity contribution in [2.45, 2.75) is 19.3 Å². The molecule has 0 amide bonds. The number of benzene rings is 1. The van der Waals surface area contributed by atoms with Crippen molar-refractivity contribution in [3.8, 4) is 10.4 Å². The Labute approximate surface area is 123 Å². The van der Waals surface area contributed by atoms with E-state index in [1.54, 1.807) is 0 Å². The third-order valence-corrected chi connectivity index (χ3v) is 5.38. The van der Waals surface area contributed by atoms with Crippen LogP contribution < -0.4 is 0 Å². The Morgan fingerprint density at radius 3 is 2.90 bits per heavy atom. The van der Waals surface area contributed by atoms with E-state index in [2.05, 4.69) is 67.6 Å². The lowest BCUT2D eigenvalue weighted by molar-refractivity contribution is 1.05. The molecule has 1 heteroatoms. The summed E-state index contributed by atoms with van der Waals surface area (Å²) in [6.45, 7) is 2.21. The minimum Gasteiger partial charge on any atom is -0.140 e. The molecule has 2 aromatic rings. The van der Waals surface area contributed by atoms with E-state index in [-0.39, 0.29) is 0 Å². The van der Waals surface area contributed by atoms with Crippen molar-refractivity contribution in [1.82, 2.24) is 0 Å². The molecule has 20 heavy (non-hydrogen) atoms. The maximum absolute atomic E-state index is 2.34. The van der Waals surface area contributed by atoms with Crippen LogP contribution in [0.25, 0.3) is 16.5 Å². The molecule has 0 nitrogen and oxygen atoms in total. The van der Waals surface area contributed by atoms with Gasteiger partial charge in [-0.05, 0) is 46.9 Å². The zero-order valence-corrected chi connectivity index (χ0v) is 12.3. The topological polar surface area (TPSA) is 0 Å². The molecular weight excluding hydrogens is 260 g/mol. The van der Waals surface area contributed by atoms with Crippen LogP contribution in [0.2, 0.25) is 0 Å². The quantitative estimate of drug-likeness (QED) is 0.671. The summed E-state index contributed by atoms with van der Waals surface area (Å²) in [6.07, 6.45) is 12.2. The zero-order valence-electron chi connectivity index (χ0n) is 11.5. The van der Waals surface area contributed by atoms with E-state index in [0.717, 1.165) is 6.42 Å². The van der Waals surface area contributed by atoms with Gasteiger partial charge in [0.2, 0.25) is 0 Å². The van der Waals surface area contributed by atoms with Crippen LogP contribution in [0.5, 0.6) is 0 Å². The number of hydrogen-bond acceptors (Lipinski definition) is 1. The molecule has 4 rings (SSSR count). The van der Waals surface area contributed by atoms with E-state index in [9.17, 15) is 0 Å². The van der Waals surface area contributed by atoms with Gasteiger partial charge in [-0.3, -0.25) is 0 Å². The van der Waals surface area contributed by atoms with E-state index in [4.69, 9.17) is 0 Å². The molecule has 0 radical (unpaired) electrons. The molecule has 0 bridgehead atoms. The number of thiophene rings is 1. The van der Waals surface area contributed by atoms with Crippen LogP contribution in [0, 0.1) is 0 Å². The van der Waals surface area contributed by atoms with Crippen molar-refractivity contribution in [1.29, 1.82) is 0 Å². The molecule has 0 saturated carbocycles. The monoisotopic (exact) mass is 276 g/mol. The molecule has 0 N–H and O–H groups in total. The molecule has 1 heterocycles. The number of allylic oxidation sites excluding steroid dienone is 5. The summed E-state index contributed by atoms with van der Waals surface area (Å²) in [5, 5.41) is 0. The van der Waals surface area contributed by atoms with E-state index in [1.807, 2.05) is 11.3 Å². The molecule has 2 aliphatic carbocycles. The summed E-state index contributed by atoms with van der Waals surface area (Å²) in [6, 6.07) is 11.4. The largest absolute Gasteiger partial charge is 0.140 e. The van der Waals surface area contributed by atoms with E-state index >= 15 is 0 Å². The van der Waals surface area contributed by atoms with Crippen molar-refractivity contribution >= 4 is 17.4 Å². The van der Waals surface area contributed by atoms with Gasteiger partial charge in [-0.2, -0.15) is 0 Å². The van der Waals surface area contributed by atoms with Gasteiger partial charge in [0.25, 0.3) is 0 Å². The van der Waals surface area contributed by atoms with Gasteiger partial charge in [0.05, 0.1) is 0 Å². The Hall–Kier alpha value is -1.86. The lowest BCUT2D eigenvalue weighted by atomic mass is 9.92. The van der Waals surface area contributed by atoms with Crippen LogP contribution in [0.1, 0.15) is 28.8 Å². The molecule has 1 aromatic carbocycles. The van der Waals surface area contributed by atoms with Crippen molar-refractivity contribution in [3.05, 3.63) is 76.2 Å². The standard InChI is InChI=1S/C19H16S/c1-2-16-8-10-19(20-16)14-7-9-18-15(12-14)11-13-5-3-4-6-17(13)18/h3-12,17H,2H2,1H3. The maximum Gasteiger partial charge on any atom is 0.0345 e. The normalized spacial score (nSPS) is 18.9. The number of hydrogen-bond donors (Lipinski definition) is 0. The lowest BCUT2D eigenvalue weighted by Gasteiger charge is -2.12. The fraction of sp³-hybridized carbons (Fsp3) is 0.158. The van der Waals surface area contributed by atoms with E-state index in [0.29, 0.717) is 5.92 Å². The minimum atomic E-state index is 0.471. The van der Waals surface area contributed by atoms with Gasteiger partial charge in [0.1, 0.15) is 0 Å². The van der Waals surface area contributed by atoms with Gasteiger partial charge >= 0.3 is 0 Å². The van der Waals surface area contributed by atoms with Gasteiger partial charge in [0.15, 0.2) is 0 Å². The Bertz CT molecular complexity index is 756. The average Bonchev–Trinajstić information content (AvgIpc) is 3.10. The van der Waals surface area contributed by atoms with Gasteiger partial charge in [-0.15, -0.1) is 11.3 Å². The second-order valence-corrected chi connectivity index (χ2v) is 6.50. The molecule has 1 aromatic heterocycles. The van der Waals surface area contributed by atoms with Gasteiger partial charge in [-0.25, -0.2) is 0 Å². The second-order valence-electron chi connectivity index (χ2n) is 5.33. The summed E-state index contributed by atoms with van der Waals surface area (Å²) >= 11 is 1.91. The highest BCUT2D eigenvalue weighted by molar-refractivity contribution is 7.15. The van der Waals surface area contributed by atoms with Crippen molar-refractivity contribution in [3.63, 3.8) is 0 Å². The highest BCUT2D eigenvalue weighted by Crippen LogP contribution is 2.41. The van der Waals surface area contributed by atoms with Crippen LogP contribution in [0.4, 0.5) is 0 Å². The van der Waals surface area contributed by atoms with E-state index in [1.165, 1.54) is 32.0 Å². The summed E-state index contributed by atoms with van der Waals surface area (Å²) < 4.78 is 0. The molecule has 2 aliphatic rings. The SMILES string of the molecule is CCc1ccc(-c2ccc3c(c2)C=C2C=CC=CC23)s1. The molecule has 0 saturated heterocycles. The Morgan fingerprint density at radius 2 is 2.05 bits per heavy atom. The van der Waals surface area contributed by atoms with Crippen molar-refractivity contribution in [2.75, 3.05) is 0 Å². The van der Waals surface area contributed by atoms with Crippen LogP contribution in [0.3, 0.4) is 0 Å². The first-order chi connectivity index (χ1) is 9.85. The smallest absolute Gasteiger partial charge is 0.0345 e. The molecule has 1 unspecified atom stereocenters. The Kier molecular flexibility index (Phi) is 2.75. The molecule has 98 valence electrons. The molecule has 0 spiro atoms. The van der Waals surface area contributed by atoms with Gasteiger partial charge in [-0.1, -0.05) is 49.4 Å². The number of rotatable bonds is 2.